The van der Waals surface area contributed by atoms with E-state index in [2.05, 4.69) is 25.2 Å². The summed E-state index contributed by atoms with van der Waals surface area (Å²) >= 11 is 0. The van der Waals surface area contributed by atoms with E-state index in [0.717, 1.165) is 46.8 Å². The van der Waals surface area contributed by atoms with Gasteiger partial charge in [-0.1, -0.05) is 12.1 Å². The fourth-order valence-corrected chi connectivity index (χ4v) is 3.56. The van der Waals surface area contributed by atoms with Gasteiger partial charge in [-0.05, 0) is 68.1 Å². The Labute approximate surface area is 159 Å². The van der Waals surface area contributed by atoms with E-state index >= 15 is 0 Å². The molecule has 0 spiro atoms. The molecule has 1 heterocycles. The van der Waals surface area contributed by atoms with E-state index in [-0.39, 0.29) is 5.78 Å². The molecular weight excluding hydrogens is 338 g/mol. The molecule has 5 heteroatoms. The molecule has 0 bridgehead atoms. The summed E-state index contributed by atoms with van der Waals surface area (Å²) in [5.41, 5.74) is 5.97. The molecule has 1 aliphatic carbocycles. The Bertz CT molecular complexity index is 1000. The SMILES string of the molecule is COc1ccc(-n2nc(Nc3cccc(C)c3C)c3c2CCCC3=O)cc1. The molecule has 0 radical (unpaired) electrons. The molecule has 1 aliphatic rings. The van der Waals surface area contributed by atoms with E-state index in [4.69, 9.17) is 9.84 Å². The third-order valence-corrected chi connectivity index (χ3v) is 5.25. The van der Waals surface area contributed by atoms with Crippen molar-refractivity contribution in [3.63, 3.8) is 0 Å². The van der Waals surface area contributed by atoms with Crippen molar-refractivity contribution in [2.75, 3.05) is 12.4 Å². The van der Waals surface area contributed by atoms with E-state index in [1.54, 1.807) is 7.11 Å². The molecule has 0 atom stereocenters. The number of rotatable bonds is 4. The predicted molar refractivity (Wildman–Crippen MR) is 107 cm³/mol. The Morgan fingerprint density at radius 2 is 1.85 bits per heavy atom. The molecule has 1 N–H and O–H groups in total. The number of carbonyl (C=O) groups excluding carboxylic acids is 1. The minimum absolute atomic E-state index is 0.156. The van der Waals surface area contributed by atoms with Crippen LogP contribution in [0.5, 0.6) is 5.75 Å². The Morgan fingerprint density at radius 3 is 2.59 bits per heavy atom. The van der Waals surface area contributed by atoms with Crippen molar-refractivity contribution in [1.29, 1.82) is 0 Å². The van der Waals surface area contributed by atoms with Gasteiger partial charge < -0.3 is 10.1 Å². The van der Waals surface area contributed by atoms with Crippen molar-refractivity contribution in [2.45, 2.75) is 33.1 Å². The minimum atomic E-state index is 0.156. The second-order valence-corrected chi connectivity index (χ2v) is 6.93. The zero-order chi connectivity index (χ0) is 19.0. The number of ketones is 1. The van der Waals surface area contributed by atoms with Crippen LogP contribution in [-0.2, 0) is 6.42 Å². The molecule has 3 aromatic rings. The molecule has 0 saturated carbocycles. The number of benzene rings is 2. The van der Waals surface area contributed by atoms with E-state index < -0.39 is 0 Å². The highest BCUT2D eigenvalue weighted by atomic mass is 16.5. The lowest BCUT2D eigenvalue weighted by molar-refractivity contribution is 0.0973. The standard InChI is InChI=1S/C22H23N3O2/c1-14-6-4-7-18(15(14)2)23-22-21-19(8-5-9-20(21)26)25(24-22)16-10-12-17(27-3)13-11-16/h4,6-7,10-13H,5,8-9H2,1-3H3,(H,23,24). The van der Waals surface area contributed by atoms with Crippen molar-refractivity contribution in [2.24, 2.45) is 0 Å². The molecule has 1 aromatic heterocycles. The number of ether oxygens (including phenoxy) is 1. The molecule has 0 aliphatic heterocycles. The number of anilines is 2. The number of nitrogens with one attached hydrogen (secondary N) is 1. The van der Waals surface area contributed by atoms with Crippen LogP contribution in [0.15, 0.2) is 42.5 Å². The molecule has 4 rings (SSSR count). The number of aromatic nitrogens is 2. The number of Topliss-reactive ketones (excluding diaryl/α,β-unsaturated/α-hetero) is 1. The fraction of sp³-hybridized carbons (Fsp3) is 0.273. The van der Waals surface area contributed by atoms with Crippen LogP contribution >= 0.6 is 0 Å². The van der Waals surface area contributed by atoms with Gasteiger partial charge in [-0.15, -0.1) is 5.10 Å². The minimum Gasteiger partial charge on any atom is -0.497 e. The van der Waals surface area contributed by atoms with E-state index in [1.165, 1.54) is 5.56 Å². The van der Waals surface area contributed by atoms with Gasteiger partial charge in [0.05, 0.1) is 24.1 Å². The summed E-state index contributed by atoms with van der Waals surface area (Å²) < 4.78 is 7.14. The summed E-state index contributed by atoms with van der Waals surface area (Å²) in [6.07, 6.45) is 2.27. The molecule has 0 fully saturated rings. The Hall–Kier alpha value is -3.08. The van der Waals surface area contributed by atoms with Gasteiger partial charge in [0.15, 0.2) is 11.6 Å². The third kappa shape index (κ3) is 3.10. The van der Waals surface area contributed by atoms with Crippen LogP contribution in [0.3, 0.4) is 0 Å². The molecule has 138 valence electrons. The second-order valence-electron chi connectivity index (χ2n) is 6.93. The first-order valence-corrected chi connectivity index (χ1v) is 9.21. The normalized spacial score (nSPS) is 13.4. The van der Waals surface area contributed by atoms with Crippen molar-refractivity contribution < 1.29 is 9.53 Å². The summed E-state index contributed by atoms with van der Waals surface area (Å²) in [6.45, 7) is 4.16. The number of hydrogen-bond donors (Lipinski definition) is 1. The molecule has 2 aromatic carbocycles. The highest BCUT2D eigenvalue weighted by Gasteiger charge is 2.28. The average molecular weight is 361 g/mol. The van der Waals surface area contributed by atoms with Crippen LogP contribution in [0.25, 0.3) is 5.69 Å². The maximum absolute atomic E-state index is 12.7. The van der Waals surface area contributed by atoms with Crippen LogP contribution in [-0.4, -0.2) is 22.7 Å². The molecule has 0 unspecified atom stereocenters. The number of carbonyl (C=O) groups is 1. The largest absolute Gasteiger partial charge is 0.497 e. The Morgan fingerprint density at radius 1 is 1.07 bits per heavy atom. The first kappa shape index (κ1) is 17.3. The first-order chi connectivity index (χ1) is 13.1. The lowest BCUT2D eigenvalue weighted by atomic mass is 9.95. The number of methoxy groups -OCH3 is 1. The quantitative estimate of drug-likeness (QED) is 0.728. The maximum atomic E-state index is 12.7. The smallest absolute Gasteiger partial charge is 0.168 e. The molecular formula is C22H23N3O2. The predicted octanol–water partition coefficient (Wildman–Crippen LogP) is 4.76. The molecule has 0 amide bonds. The van der Waals surface area contributed by atoms with Gasteiger partial charge in [0.25, 0.3) is 0 Å². The first-order valence-electron chi connectivity index (χ1n) is 9.21. The summed E-state index contributed by atoms with van der Waals surface area (Å²) in [4.78, 5) is 12.7. The number of hydrogen-bond acceptors (Lipinski definition) is 4. The van der Waals surface area contributed by atoms with Crippen LogP contribution in [0.4, 0.5) is 11.5 Å². The lowest BCUT2D eigenvalue weighted by Crippen LogP contribution is -2.13. The number of fused-ring (bicyclic) bond motifs is 1. The molecule has 0 saturated heterocycles. The van der Waals surface area contributed by atoms with Crippen LogP contribution in [0, 0.1) is 13.8 Å². The molecule has 5 nitrogen and oxygen atoms in total. The highest BCUT2D eigenvalue weighted by molar-refractivity contribution is 6.03. The summed E-state index contributed by atoms with van der Waals surface area (Å²) in [5, 5.41) is 8.18. The zero-order valence-corrected chi connectivity index (χ0v) is 15.9. The van der Waals surface area contributed by atoms with E-state index in [1.807, 2.05) is 41.1 Å². The van der Waals surface area contributed by atoms with Gasteiger partial charge >= 0.3 is 0 Å². The zero-order valence-electron chi connectivity index (χ0n) is 15.9. The van der Waals surface area contributed by atoms with Crippen LogP contribution < -0.4 is 10.1 Å². The second kappa shape index (κ2) is 6.91. The van der Waals surface area contributed by atoms with Gasteiger partial charge in [0.1, 0.15) is 5.75 Å². The monoisotopic (exact) mass is 361 g/mol. The Kier molecular flexibility index (Phi) is 4.44. The summed E-state index contributed by atoms with van der Waals surface area (Å²) in [7, 11) is 1.65. The van der Waals surface area contributed by atoms with Crippen molar-refractivity contribution in [3.8, 4) is 11.4 Å². The van der Waals surface area contributed by atoms with Gasteiger partial charge in [-0.2, -0.15) is 0 Å². The maximum Gasteiger partial charge on any atom is 0.168 e. The number of aryl methyl sites for hydroxylation is 1. The van der Waals surface area contributed by atoms with Crippen molar-refractivity contribution >= 4 is 17.3 Å². The van der Waals surface area contributed by atoms with Crippen LogP contribution in [0.1, 0.15) is 40.0 Å². The van der Waals surface area contributed by atoms with Crippen LogP contribution in [0.2, 0.25) is 0 Å². The molecule has 27 heavy (non-hydrogen) atoms. The van der Waals surface area contributed by atoms with Crippen molar-refractivity contribution in [3.05, 3.63) is 64.8 Å². The van der Waals surface area contributed by atoms with Gasteiger partial charge in [0, 0.05) is 12.1 Å². The highest BCUT2D eigenvalue weighted by Crippen LogP contribution is 2.33. The van der Waals surface area contributed by atoms with Gasteiger partial charge in [-0.3, -0.25) is 4.79 Å². The number of nitrogens with zero attached hydrogens (tertiary/aromatic N) is 2. The Balaban J connectivity index is 1.81. The van der Waals surface area contributed by atoms with Gasteiger partial charge in [0.2, 0.25) is 0 Å². The summed E-state index contributed by atoms with van der Waals surface area (Å²) in [6, 6.07) is 13.9. The van der Waals surface area contributed by atoms with E-state index in [9.17, 15) is 4.79 Å². The average Bonchev–Trinajstić information content (AvgIpc) is 3.05. The topological polar surface area (TPSA) is 56.1 Å². The van der Waals surface area contributed by atoms with Crippen molar-refractivity contribution in [1.82, 2.24) is 9.78 Å². The lowest BCUT2D eigenvalue weighted by Gasteiger charge is -2.14. The van der Waals surface area contributed by atoms with Gasteiger partial charge in [-0.25, -0.2) is 4.68 Å². The fourth-order valence-electron chi connectivity index (χ4n) is 3.56. The van der Waals surface area contributed by atoms with E-state index in [0.29, 0.717) is 12.2 Å². The summed E-state index contributed by atoms with van der Waals surface area (Å²) in [5.74, 6) is 1.59. The third-order valence-electron chi connectivity index (χ3n) is 5.25.